The molecule has 1 unspecified atom stereocenters. The predicted molar refractivity (Wildman–Crippen MR) is 292 cm³/mol. The van der Waals surface area contributed by atoms with Crippen molar-refractivity contribution in [3.05, 3.63) is 138 Å². The fraction of sp³-hybridized carbons (Fsp3) is 0.393. The van der Waals surface area contributed by atoms with Crippen LogP contribution in [0.2, 0.25) is 0 Å². The first kappa shape index (κ1) is 61.7. The van der Waals surface area contributed by atoms with Gasteiger partial charge in [0.25, 0.3) is 12.2 Å². The Morgan fingerprint density at radius 3 is 1.75 bits per heavy atom. The van der Waals surface area contributed by atoms with Crippen LogP contribution < -0.4 is 25.7 Å². The predicted octanol–water partition coefficient (Wildman–Crippen LogP) is 12.7. The van der Waals surface area contributed by atoms with E-state index in [1.807, 2.05) is 85.6 Å². The van der Waals surface area contributed by atoms with Gasteiger partial charge in [-0.2, -0.15) is 30.9 Å². The van der Waals surface area contributed by atoms with Crippen LogP contribution in [0.25, 0.3) is 45.8 Å². The average molecular weight is 1070 g/mol. The van der Waals surface area contributed by atoms with Gasteiger partial charge in [-0.3, -0.25) is 0 Å². The molecule has 1 aliphatic rings. The van der Waals surface area contributed by atoms with Crippen LogP contribution in [-0.2, 0) is 37.7 Å². The average Bonchev–Trinajstić information content (AvgIpc) is 4.09. The maximum Gasteiger partial charge on any atom is 0.434 e. The number of aryl methyl sites for hydroxylation is 4. The van der Waals surface area contributed by atoms with Crippen molar-refractivity contribution in [2.24, 2.45) is 19.8 Å². The Kier molecular flexibility index (Phi) is 22.3. The lowest BCUT2D eigenvalue weighted by Crippen LogP contribution is -2.37. The van der Waals surface area contributed by atoms with Gasteiger partial charge in [-0.05, 0) is 44.2 Å². The van der Waals surface area contributed by atoms with E-state index in [9.17, 15) is 26.3 Å². The summed E-state index contributed by atoms with van der Waals surface area (Å²) in [5.74, 6) is 2.96. The number of alkyl halides is 6. The van der Waals surface area contributed by atoms with Crippen molar-refractivity contribution in [1.29, 1.82) is 0 Å². The summed E-state index contributed by atoms with van der Waals surface area (Å²) in [6, 6.07) is 14.4. The number of aromatic nitrogens is 10. The Bertz CT molecular complexity index is 3050. The zero-order valence-electron chi connectivity index (χ0n) is 46.4. The molecule has 0 saturated heterocycles. The summed E-state index contributed by atoms with van der Waals surface area (Å²) in [6.45, 7) is 20.3. The van der Waals surface area contributed by atoms with Crippen LogP contribution in [0.4, 0.5) is 37.7 Å². The summed E-state index contributed by atoms with van der Waals surface area (Å²) in [4.78, 5) is 30.5. The summed E-state index contributed by atoms with van der Waals surface area (Å²) in [5, 5.41) is 6.20. The molecule has 0 radical (unpaired) electrons. The topological polar surface area (TPSA) is 173 Å². The van der Waals surface area contributed by atoms with Gasteiger partial charge in [-0.15, -0.1) is 0 Å². The molecular formula is C56H72F6N13O2+. The summed E-state index contributed by atoms with van der Waals surface area (Å²) < 4.78 is 92.6. The van der Waals surface area contributed by atoms with Gasteiger partial charge in [0.05, 0.1) is 61.5 Å². The van der Waals surface area contributed by atoms with Crippen molar-refractivity contribution in [3.63, 3.8) is 0 Å². The molecule has 2 aromatic carbocycles. The molecule has 8 rings (SSSR count). The van der Waals surface area contributed by atoms with Gasteiger partial charge >= 0.3 is 12.4 Å². The van der Waals surface area contributed by atoms with Crippen molar-refractivity contribution >= 4 is 23.0 Å². The lowest BCUT2D eigenvalue weighted by Gasteiger charge is -2.18. The fourth-order valence-electron chi connectivity index (χ4n) is 7.78. The van der Waals surface area contributed by atoms with Crippen LogP contribution in [-0.4, -0.2) is 72.3 Å². The Labute approximate surface area is 447 Å². The van der Waals surface area contributed by atoms with Gasteiger partial charge < -0.3 is 35.0 Å². The molecule has 1 aliphatic carbocycles. The monoisotopic (exact) mass is 1070 g/mol. The first-order chi connectivity index (χ1) is 36.7. The first-order valence-electron chi connectivity index (χ1n) is 25.2. The van der Waals surface area contributed by atoms with E-state index in [0.29, 0.717) is 40.5 Å². The van der Waals surface area contributed by atoms with Crippen molar-refractivity contribution in [3.8, 4) is 40.0 Å². The highest BCUT2D eigenvalue weighted by molar-refractivity contribution is 5.67. The molecule has 77 heavy (non-hydrogen) atoms. The Morgan fingerprint density at radius 1 is 0.805 bits per heavy atom. The third kappa shape index (κ3) is 15.4. The smallest absolute Gasteiger partial charge is 0.434 e. The number of hydrogen-bond donors (Lipinski definition) is 3. The molecule has 0 amide bonds. The normalized spacial score (nSPS) is 12.6. The van der Waals surface area contributed by atoms with E-state index in [0.717, 1.165) is 88.9 Å². The molecule has 1 fully saturated rings. The quantitative estimate of drug-likeness (QED) is 0.0535. The molecule has 4 N–H and O–H groups in total. The highest BCUT2D eigenvalue weighted by Crippen LogP contribution is 2.45. The standard InChI is InChI=1S/C29H33F3N7O.C13H11F3N2.C10H16N4O.2C2H6/c1-6-13-39-16-35-25(19-9-10-19)23(28(39)40-5)26-34-14-21(33-3)24(37-26)17(2)18-7-11-20(12-8-18)27-36-22(15-38(27)4)29(30,31)32;1-3-9-4-6-10(7-5-9)12-17-11(8-18(12)2)13(14,15)16;1-6(9(11)15-4)10-13-5-8(12-3)7(2)14-10;2*1-2/h7-8,11-12,14-17,19,33H,6,9-10,13H2,1-5H3;3-8H,1H2,2H3;5,12H,11H2,1-4H3;2*1-2H3/q+1;;;;/b;;9-6-;;. The number of halogens is 6. The molecule has 7 aromatic rings. The summed E-state index contributed by atoms with van der Waals surface area (Å²) in [7, 11) is 9.94. The van der Waals surface area contributed by atoms with E-state index in [2.05, 4.69) is 44.1 Å². The summed E-state index contributed by atoms with van der Waals surface area (Å²) in [5.41, 5.74) is 12.8. The molecule has 0 aliphatic heterocycles. The number of nitrogens with two attached hydrogens (primary N) is 1. The van der Waals surface area contributed by atoms with Crippen LogP contribution in [0, 0.1) is 6.92 Å². The zero-order valence-corrected chi connectivity index (χ0v) is 46.4. The molecule has 1 saturated carbocycles. The molecule has 0 spiro atoms. The third-order valence-corrected chi connectivity index (χ3v) is 12.0. The molecule has 1 atom stereocenters. The van der Waals surface area contributed by atoms with E-state index in [-0.39, 0.29) is 17.6 Å². The minimum absolute atomic E-state index is 0.139. The molecule has 15 nitrogen and oxygen atoms in total. The maximum atomic E-state index is 13.2. The van der Waals surface area contributed by atoms with E-state index in [4.69, 9.17) is 30.2 Å². The van der Waals surface area contributed by atoms with Crippen molar-refractivity contribution < 1.29 is 40.4 Å². The van der Waals surface area contributed by atoms with Crippen molar-refractivity contribution in [2.75, 3.05) is 38.9 Å². The summed E-state index contributed by atoms with van der Waals surface area (Å²) >= 11 is 0. The van der Waals surface area contributed by atoms with Crippen molar-refractivity contribution in [1.82, 2.24) is 44.0 Å². The number of nitrogens with one attached hydrogen (secondary N) is 2. The number of rotatable bonds is 14. The second-order valence-electron chi connectivity index (χ2n) is 17.1. The van der Waals surface area contributed by atoms with Gasteiger partial charge in [0, 0.05) is 63.5 Å². The summed E-state index contributed by atoms with van der Waals surface area (Å²) in [6.07, 6.45) is 3.16. The molecule has 0 bridgehead atoms. The first-order valence-corrected chi connectivity index (χ1v) is 25.2. The molecule has 5 heterocycles. The van der Waals surface area contributed by atoms with E-state index in [1.54, 1.807) is 76.1 Å². The van der Waals surface area contributed by atoms with Crippen LogP contribution in [0.5, 0.6) is 5.88 Å². The fourth-order valence-corrected chi connectivity index (χ4v) is 7.78. The third-order valence-electron chi connectivity index (χ3n) is 12.0. The highest BCUT2D eigenvalue weighted by atomic mass is 19.4. The van der Waals surface area contributed by atoms with E-state index in [1.165, 1.54) is 16.2 Å². The lowest BCUT2D eigenvalue weighted by molar-refractivity contribution is -0.703. The zero-order chi connectivity index (χ0) is 57.4. The number of anilines is 2. The van der Waals surface area contributed by atoms with E-state index < -0.39 is 23.7 Å². The Balaban J connectivity index is 0.000000285. The number of imidazole rings is 2. The number of allylic oxidation sites excluding steroid dienone is 1. The SMILES string of the molecule is C=Cc1ccc(-c2nc(C(F)(F)F)cn2C)cc1.CC.CC.CCC[n+]1cnc(C2CC2)c(-c2ncc(NC)c(C(C)c3ccc(-c4nc(C(F)(F)F)cn4C)cc3)n2)c1OC.CNc1cnc(/C(C)=C(/N)OC)nc1C. The van der Waals surface area contributed by atoms with Crippen LogP contribution in [0.15, 0.2) is 92.1 Å². The number of methoxy groups -OCH3 is 2. The second-order valence-corrected chi connectivity index (χ2v) is 17.1. The lowest BCUT2D eigenvalue weighted by atomic mass is 9.95. The Hall–Kier alpha value is -7.84. The number of nitrogens with zero attached hydrogens (tertiary/aromatic N) is 10. The number of ether oxygens (including phenoxy) is 2. The van der Waals surface area contributed by atoms with Gasteiger partial charge in [-0.25, -0.2) is 29.9 Å². The number of benzene rings is 2. The Morgan fingerprint density at radius 2 is 1.32 bits per heavy atom. The van der Waals surface area contributed by atoms with Gasteiger partial charge in [0.2, 0.25) is 0 Å². The highest BCUT2D eigenvalue weighted by Gasteiger charge is 2.38. The van der Waals surface area contributed by atoms with Crippen LogP contribution in [0.1, 0.15) is 125 Å². The van der Waals surface area contributed by atoms with Gasteiger partial charge in [-0.1, -0.05) is 108 Å². The maximum absolute atomic E-state index is 13.2. The van der Waals surface area contributed by atoms with E-state index >= 15 is 0 Å². The minimum atomic E-state index is -4.50. The largest absolute Gasteiger partial charge is 0.482 e. The molecule has 21 heteroatoms. The van der Waals surface area contributed by atoms with Gasteiger partial charge in [0.15, 0.2) is 40.2 Å². The second kappa shape index (κ2) is 27.8. The van der Waals surface area contributed by atoms with Gasteiger partial charge in [0.1, 0.15) is 11.6 Å². The van der Waals surface area contributed by atoms with Crippen LogP contribution >= 0.6 is 0 Å². The number of hydrogen-bond acceptors (Lipinski definition) is 12. The minimum Gasteiger partial charge on any atom is -0.482 e. The van der Waals surface area contributed by atoms with Crippen LogP contribution in [0.3, 0.4) is 0 Å². The molecule has 414 valence electrons. The molecule has 5 aromatic heterocycles. The van der Waals surface area contributed by atoms with Crippen molar-refractivity contribution in [2.45, 2.75) is 105 Å². The molecular weight excluding hydrogens is 1000 g/mol.